The fourth-order valence-electron chi connectivity index (χ4n) is 3.20. The topological polar surface area (TPSA) is 98.5 Å². The number of fused-ring (bicyclic) bond motifs is 1. The molecular formula is C25H23N5O. The van der Waals surface area contributed by atoms with Gasteiger partial charge in [0.05, 0.1) is 11.2 Å². The molecule has 0 saturated carbocycles. The lowest BCUT2D eigenvalue weighted by Crippen LogP contribution is -2.32. The third kappa shape index (κ3) is 5.07. The van der Waals surface area contributed by atoms with E-state index in [4.69, 9.17) is 16.4 Å². The highest BCUT2D eigenvalue weighted by Crippen LogP contribution is 2.17. The van der Waals surface area contributed by atoms with Gasteiger partial charge in [0.25, 0.3) is 0 Å². The maximum Gasteiger partial charge on any atom is 0.166 e. The third-order valence-electron chi connectivity index (χ3n) is 4.82. The van der Waals surface area contributed by atoms with Crippen LogP contribution in [0.25, 0.3) is 23.1 Å². The fourth-order valence-corrected chi connectivity index (χ4v) is 3.20. The Hall–Kier alpha value is -4.16. The van der Waals surface area contributed by atoms with Gasteiger partial charge in [0.2, 0.25) is 0 Å². The van der Waals surface area contributed by atoms with E-state index in [2.05, 4.69) is 27.6 Å². The summed E-state index contributed by atoms with van der Waals surface area (Å²) in [5.41, 5.74) is 7.25. The van der Waals surface area contributed by atoms with Crippen molar-refractivity contribution in [3.05, 3.63) is 107 Å². The summed E-state index contributed by atoms with van der Waals surface area (Å²) in [6, 6.07) is 27.8. The summed E-state index contributed by atoms with van der Waals surface area (Å²) >= 11 is 0. The van der Waals surface area contributed by atoms with Gasteiger partial charge >= 0.3 is 0 Å². The van der Waals surface area contributed by atoms with Crippen molar-refractivity contribution in [1.82, 2.24) is 10.4 Å². The Morgan fingerprint density at radius 2 is 1.71 bits per heavy atom. The minimum Gasteiger partial charge on any atom is -0.487 e. The number of nitrogens with zero attached hydrogens (tertiary/aromatic N) is 2. The lowest BCUT2D eigenvalue weighted by molar-refractivity contribution is 0.302. The monoisotopic (exact) mass is 409 g/mol. The molecule has 1 aromatic heterocycles. The maximum absolute atomic E-state index is 5.90. The van der Waals surface area contributed by atoms with Gasteiger partial charge in [-0.25, -0.2) is 10.8 Å². The van der Waals surface area contributed by atoms with Gasteiger partial charge < -0.3 is 16.0 Å². The minimum atomic E-state index is 0.424. The summed E-state index contributed by atoms with van der Waals surface area (Å²) in [5.74, 6) is 12.0. The highest BCUT2D eigenvalue weighted by Gasteiger charge is 2.02. The molecule has 0 unspecified atom stereocenters. The molecule has 6 heteroatoms. The van der Waals surface area contributed by atoms with Crippen molar-refractivity contribution in [2.45, 2.75) is 6.61 Å². The van der Waals surface area contributed by atoms with Crippen LogP contribution in [0.15, 0.2) is 90.0 Å². The molecular weight excluding hydrogens is 386 g/mol. The highest BCUT2D eigenvalue weighted by atomic mass is 16.5. The number of aromatic nitrogens is 1. The van der Waals surface area contributed by atoms with Crippen LogP contribution in [0.3, 0.4) is 0 Å². The first kappa shape index (κ1) is 20.1. The summed E-state index contributed by atoms with van der Waals surface area (Å²) in [5, 5.41) is 4.76. The van der Waals surface area contributed by atoms with Gasteiger partial charge in [0, 0.05) is 10.9 Å². The van der Waals surface area contributed by atoms with Crippen molar-refractivity contribution in [3.63, 3.8) is 0 Å². The summed E-state index contributed by atoms with van der Waals surface area (Å²) in [4.78, 5) is 4.64. The first-order chi connectivity index (χ1) is 15.2. The number of amidine groups is 1. The van der Waals surface area contributed by atoms with E-state index in [1.54, 1.807) is 0 Å². The van der Waals surface area contributed by atoms with Crippen molar-refractivity contribution in [3.8, 4) is 5.75 Å². The quantitative estimate of drug-likeness (QED) is 0.147. The number of nitrogens with one attached hydrogen (secondary N) is 1. The standard InChI is InChI=1S/C25H23N5O/c26-29-25(30-27)21-6-3-4-19(16-21)9-8-18-10-14-23(15-11-18)31-17-22-13-12-20-5-1-2-7-24(20)28-22/h1-16H,17,26-27H2,(H,29,30)/b9-8+. The number of pyridine rings is 1. The Kier molecular flexibility index (Phi) is 6.21. The predicted octanol–water partition coefficient (Wildman–Crippen LogP) is 4.07. The van der Waals surface area contributed by atoms with Crippen LogP contribution in [0.5, 0.6) is 5.75 Å². The molecule has 0 radical (unpaired) electrons. The molecule has 0 saturated heterocycles. The van der Waals surface area contributed by atoms with Gasteiger partial charge in [-0.15, -0.1) is 0 Å². The van der Waals surface area contributed by atoms with E-state index in [1.165, 1.54) is 0 Å². The number of benzene rings is 3. The van der Waals surface area contributed by atoms with E-state index in [-0.39, 0.29) is 0 Å². The number of hydrazine groups is 1. The average Bonchev–Trinajstić information content (AvgIpc) is 2.83. The zero-order chi connectivity index (χ0) is 21.5. The SMILES string of the molecule is N/N=C(\NN)c1cccc(/C=C/c2ccc(OCc3ccc4ccccc4n3)cc2)c1. The van der Waals surface area contributed by atoms with Crippen LogP contribution in [-0.2, 0) is 6.61 Å². The Balaban J connectivity index is 1.39. The molecule has 0 bridgehead atoms. The second kappa shape index (κ2) is 9.56. The molecule has 1 heterocycles. The molecule has 154 valence electrons. The molecule has 0 amide bonds. The first-order valence-corrected chi connectivity index (χ1v) is 9.86. The van der Waals surface area contributed by atoms with Crippen molar-refractivity contribution in [2.75, 3.05) is 0 Å². The normalized spacial score (nSPS) is 11.7. The highest BCUT2D eigenvalue weighted by molar-refractivity contribution is 5.98. The molecule has 5 N–H and O–H groups in total. The molecule has 0 aliphatic heterocycles. The lowest BCUT2D eigenvalue weighted by Gasteiger charge is -2.07. The summed E-state index contributed by atoms with van der Waals surface area (Å²) in [7, 11) is 0. The number of nitrogens with two attached hydrogens (primary N) is 2. The number of hydrogen-bond donors (Lipinski definition) is 3. The molecule has 31 heavy (non-hydrogen) atoms. The van der Waals surface area contributed by atoms with E-state index in [9.17, 15) is 0 Å². The third-order valence-corrected chi connectivity index (χ3v) is 4.82. The van der Waals surface area contributed by atoms with Crippen LogP contribution < -0.4 is 21.8 Å². The Morgan fingerprint density at radius 3 is 2.52 bits per heavy atom. The molecule has 0 aliphatic carbocycles. The van der Waals surface area contributed by atoms with Gasteiger partial charge in [-0.05, 0) is 41.5 Å². The van der Waals surface area contributed by atoms with Crippen molar-refractivity contribution in [2.24, 2.45) is 16.8 Å². The summed E-state index contributed by atoms with van der Waals surface area (Å²) < 4.78 is 5.90. The molecule has 0 spiro atoms. The van der Waals surface area contributed by atoms with E-state index in [1.807, 2.05) is 84.9 Å². The van der Waals surface area contributed by atoms with E-state index in [0.29, 0.717) is 12.4 Å². The summed E-state index contributed by atoms with van der Waals surface area (Å²) in [6.45, 7) is 0.424. The predicted molar refractivity (Wildman–Crippen MR) is 126 cm³/mol. The van der Waals surface area contributed by atoms with Crippen LogP contribution in [0.2, 0.25) is 0 Å². The van der Waals surface area contributed by atoms with Crippen LogP contribution in [0, 0.1) is 0 Å². The van der Waals surface area contributed by atoms with E-state index >= 15 is 0 Å². The van der Waals surface area contributed by atoms with Crippen LogP contribution in [-0.4, -0.2) is 10.8 Å². The smallest absolute Gasteiger partial charge is 0.166 e. The van der Waals surface area contributed by atoms with Gasteiger partial charge in [-0.3, -0.25) is 0 Å². The van der Waals surface area contributed by atoms with Crippen molar-refractivity contribution in [1.29, 1.82) is 0 Å². The number of para-hydroxylation sites is 1. The number of ether oxygens (including phenoxy) is 1. The van der Waals surface area contributed by atoms with Crippen molar-refractivity contribution >= 4 is 28.9 Å². The Bertz CT molecular complexity index is 1230. The molecule has 0 atom stereocenters. The van der Waals surface area contributed by atoms with Gasteiger partial charge in [0.1, 0.15) is 12.4 Å². The first-order valence-electron chi connectivity index (χ1n) is 9.86. The second-order valence-corrected chi connectivity index (χ2v) is 6.93. The number of hydrazone groups is 1. The molecule has 3 aromatic carbocycles. The minimum absolute atomic E-state index is 0.424. The largest absolute Gasteiger partial charge is 0.487 e. The van der Waals surface area contributed by atoms with Crippen LogP contribution in [0.1, 0.15) is 22.4 Å². The molecule has 4 rings (SSSR count). The second-order valence-electron chi connectivity index (χ2n) is 6.93. The number of hydrogen-bond acceptors (Lipinski definition) is 5. The molecule has 0 fully saturated rings. The average molecular weight is 409 g/mol. The van der Waals surface area contributed by atoms with E-state index in [0.717, 1.165) is 39.0 Å². The number of rotatable bonds is 6. The van der Waals surface area contributed by atoms with Crippen molar-refractivity contribution < 1.29 is 4.74 Å². The van der Waals surface area contributed by atoms with Gasteiger partial charge in [0.15, 0.2) is 5.84 Å². The van der Waals surface area contributed by atoms with Crippen LogP contribution >= 0.6 is 0 Å². The zero-order valence-electron chi connectivity index (χ0n) is 16.9. The molecule has 0 aliphatic rings. The van der Waals surface area contributed by atoms with E-state index < -0.39 is 0 Å². The lowest BCUT2D eigenvalue weighted by atomic mass is 10.1. The van der Waals surface area contributed by atoms with Gasteiger partial charge in [-0.1, -0.05) is 66.7 Å². The Labute approximate surface area is 180 Å². The zero-order valence-corrected chi connectivity index (χ0v) is 16.9. The fraction of sp³-hybridized carbons (Fsp3) is 0.0400. The van der Waals surface area contributed by atoms with Gasteiger partial charge in [-0.2, -0.15) is 5.10 Å². The molecule has 4 aromatic rings. The van der Waals surface area contributed by atoms with Crippen LogP contribution in [0.4, 0.5) is 0 Å². The molecule has 6 nitrogen and oxygen atoms in total. The Morgan fingerprint density at radius 1 is 0.903 bits per heavy atom. The summed E-state index contributed by atoms with van der Waals surface area (Å²) in [6.07, 6.45) is 4.05. The maximum atomic E-state index is 5.90.